The first kappa shape index (κ1) is 9.54. The molecule has 13 heavy (non-hydrogen) atoms. The molecule has 0 amide bonds. The molecule has 2 aromatic rings. The average Bonchev–Trinajstić information content (AvgIpc) is 2.49. The number of carbonyl (C=O) groups is 1. The van der Waals surface area contributed by atoms with Crippen molar-refractivity contribution in [2.45, 2.75) is 0 Å². The fraction of sp³-hybridized carbons (Fsp3) is 0. The summed E-state index contributed by atoms with van der Waals surface area (Å²) in [4.78, 5) is 17.5. The third-order valence-electron chi connectivity index (χ3n) is 1.68. The lowest BCUT2D eigenvalue weighted by Crippen LogP contribution is -1.97. The number of aromatic nitrogens is 2. The van der Waals surface area contributed by atoms with Crippen molar-refractivity contribution in [3.05, 3.63) is 30.1 Å². The normalized spacial score (nSPS) is 9.54. The monoisotopic (exact) mass is 198 g/mol. The van der Waals surface area contributed by atoms with Gasteiger partial charge in [0.05, 0.1) is 16.6 Å². The van der Waals surface area contributed by atoms with Crippen LogP contribution in [0.25, 0.3) is 11.0 Å². The highest BCUT2D eigenvalue weighted by molar-refractivity contribution is 6.00. The Labute approximate surface area is 80.0 Å². The molecule has 0 aliphatic heterocycles. The predicted molar refractivity (Wildman–Crippen MR) is 50.3 cm³/mol. The second-order valence-electron chi connectivity index (χ2n) is 2.40. The Hall–Kier alpha value is -1.55. The zero-order chi connectivity index (χ0) is 8.55. The number of nitrogens with zero attached hydrogens (tertiary/aromatic N) is 1. The van der Waals surface area contributed by atoms with E-state index < -0.39 is 5.97 Å². The SMILES string of the molecule is Cl.O=C(O)c1ccnc2cc[nH]c12. The van der Waals surface area contributed by atoms with Crippen LogP contribution in [0.5, 0.6) is 0 Å². The van der Waals surface area contributed by atoms with Crippen LogP contribution in [0, 0.1) is 0 Å². The lowest BCUT2D eigenvalue weighted by molar-refractivity contribution is 0.0699. The van der Waals surface area contributed by atoms with E-state index in [0.29, 0.717) is 11.0 Å². The minimum atomic E-state index is -0.940. The van der Waals surface area contributed by atoms with Gasteiger partial charge in [-0.1, -0.05) is 0 Å². The van der Waals surface area contributed by atoms with Crippen LogP contribution in [-0.2, 0) is 0 Å². The van der Waals surface area contributed by atoms with E-state index in [9.17, 15) is 4.79 Å². The lowest BCUT2D eigenvalue weighted by Gasteiger charge is -1.94. The first-order valence-electron chi connectivity index (χ1n) is 3.44. The number of pyridine rings is 1. The zero-order valence-electron chi connectivity index (χ0n) is 6.52. The van der Waals surface area contributed by atoms with Crippen LogP contribution in [0.4, 0.5) is 0 Å². The lowest BCUT2D eigenvalue weighted by atomic mass is 10.2. The summed E-state index contributed by atoms with van der Waals surface area (Å²) >= 11 is 0. The molecule has 2 heterocycles. The fourth-order valence-corrected chi connectivity index (χ4v) is 1.14. The molecule has 2 aromatic heterocycles. The summed E-state index contributed by atoms with van der Waals surface area (Å²) in [6, 6.07) is 3.21. The summed E-state index contributed by atoms with van der Waals surface area (Å²) in [6.45, 7) is 0. The Morgan fingerprint density at radius 3 is 2.92 bits per heavy atom. The number of aromatic amines is 1. The maximum atomic E-state index is 10.7. The summed E-state index contributed by atoms with van der Waals surface area (Å²) in [5.41, 5.74) is 1.50. The summed E-state index contributed by atoms with van der Waals surface area (Å²) in [5, 5.41) is 8.75. The Bertz CT molecular complexity index is 438. The van der Waals surface area contributed by atoms with Crippen molar-refractivity contribution in [2.75, 3.05) is 0 Å². The van der Waals surface area contributed by atoms with Crippen molar-refractivity contribution in [1.82, 2.24) is 9.97 Å². The molecule has 68 valence electrons. The van der Waals surface area contributed by atoms with E-state index in [1.165, 1.54) is 12.3 Å². The summed E-state index contributed by atoms with van der Waals surface area (Å²) in [7, 11) is 0. The van der Waals surface area contributed by atoms with Gasteiger partial charge in [-0.15, -0.1) is 12.4 Å². The summed E-state index contributed by atoms with van der Waals surface area (Å²) in [6.07, 6.45) is 3.16. The van der Waals surface area contributed by atoms with Crippen LogP contribution in [0.3, 0.4) is 0 Å². The Morgan fingerprint density at radius 2 is 2.23 bits per heavy atom. The van der Waals surface area contributed by atoms with Crippen molar-refractivity contribution in [3.63, 3.8) is 0 Å². The van der Waals surface area contributed by atoms with Gasteiger partial charge in [-0.3, -0.25) is 4.98 Å². The smallest absolute Gasteiger partial charge is 0.337 e. The molecule has 0 spiro atoms. The Morgan fingerprint density at radius 1 is 1.46 bits per heavy atom. The second kappa shape index (κ2) is 3.45. The molecule has 5 heteroatoms. The van der Waals surface area contributed by atoms with Gasteiger partial charge in [-0.2, -0.15) is 0 Å². The van der Waals surface area contributed by atoms with Gasteiger partial charge >= 0.3 is 5.97 Å². The largest absolute Gasteiger partial charge is 0.478 e. The maximum Gasteiger partial charge on any atom is 0.337 e. The van der Waals surface area contributed by atoms with Crippen molar-refractivity contribution in [3.8, 4) is 0 Å². The molecule has 4 nitrogen and oxygen atoms in total. The van der Waals surface area contributed by atoms with E-state index in [1.807, 2.05) is 0 Å². The molecule has 2 rings (SSSR count). The molecule has 0 radical (unpaired) electrons. The number of halogens is 1. The molecular formula is C8H7ClN2O2. The Balaban J connectivity index is 0.000000845. The van der Waals surface area contributed by atoms with Gasteiger partial charge in [0, 0.05) is 12.4 Å². The van der Waals surface area contributed by atoms with E-state index in [4.69, 9.17) is 5.11 Å². The van der Waals surface area contributed by atoms with Gasteiger partial charge < -0.3 is 10.1 Å². The molecule has 0 aliphatic carbocycles. The van der Waals surface area contributed by atoms with Crippen LogP contribution < -0.4 is 0 Å². The third kappa shape index (κ3) is 1.48. The first-order valence-corrected chi connectivity index (χ1v) is 3.44. The van der Waals surface area contributed by atoms with E-state index in [2.05, 4.69) is 9.97 Å². The van der Waals surface area contributed by atoms with Crippen LogP contribution >= 0.6 is 12.4 Å². The highest BCUT2D eigenvalue weighted by Gasteiger charge is 2.08. The van der Waals surface area contributed by atoms with E-state index in [0.717, 1.165) is 0 Å². The van der Waals surface area contributed by atoms with E-state index in [1.54, 1.807) is 12.3 Å². The molecule has 0 saturated carbocycles. The molecule has 0 fully saturated rings. The minimum Gasteiger partial charge on any atom is -0.478 e. The second-order valence-corrected chi connectivity index (χ2v) is 2.40. The van der Waals surface area contributed by atoms with Gasteiger partial charge in [-0.25, -0.2) is 4.79 Å². The predicted octanol–water partition coefficient (Wildman–Crippen LogP) is 1.68. The number of carboxylic acids is 1. The highest BCUT2D eigenvalue weighted by atomic mass is 35.5. The van der Waals surface area contributed by atoms with Gasteiger partial charge in [0.2, 0.25) is 0 Å². The number of nitrogens with one attached hydrogen (secondary N) is 1. The van der Waals surface area contributed by atoms with Gasteiger partial charge in [0.15, 0.2) is 0 Å². The number of aromatic carboxylic acids is 1. The number of rotatable bonds is 1. The summed E-state index contributed by atoms with van der Waals surface area (Å²) < 4.78 is 0. The van der Waals surface area contributed by atoms with Crippen molar-refractivity contribution >= 4 is 29.4 Å². The van der Waals surface area contributed by atoms with Gasteiger partial charge in [-0.05, 0) is 12.1 Å². The minimum absolute atomic E-state index is 0. The van der Waals surface area contributed by atoms with Gasteiger partial charge in [0.1, 0.15) is 0 Å². The van der Waals surface area contributed by atoms with Crippen LogP contribution in [0.15, 0.2) is 24.5 Å². The molecule has 0 atom stereocenters. The third-order valence-corrected chi connectivity index (χ3v) is 1.68. The van der Waals surface area contributed by atoms with E-state index >= 15 is 0 Å². The fourth-order valence-electron chi connectivity index (χ4n) is 1.14. The van der Waals surface area contributed by atoms with Crippen molar-refractivity contribution in [1.29, 1.82) is 0 Å². The van der Waals surface area contributed by atoms with Crippen molar-refractivity contribution in [2.24, 2.45) is 0 Å². The molecule has 2 N–H and O–H groups in total. The molecule has 0 unspecified atom stereocenters. The standard InChI is InChI=1S/C8H6N2O2.ClH/c11-8(12)5-1-3-9-6-2-4-10-7(5)6;/h1-4,10H,(H,11,12);1H. The van der Waals surface area contributed by atoms with Gasteiger partial charge in [0.25, 0.3) is 0 Å². The summed E-state index contributed by atoms with van der Waals surface area (Å²) in [5.74, 6) is -0.940. The first-order chi connectivity index (χ1) is 5.79. The van der Waals surface area contributed by atoms with Crippen LogP contribution in [-0.4, -0.2) is 21.0 Å². The van der Waals surface area contributed by atoms with E-state index in [-0.39, 0.29) is 18.0 Å². The van der Waals surface area contributed by atoms with Crippen molar-refractivity contribution < 1.29 is 9.90 Å². The maximum absolute atomic E-state index is 10.7. The quantitative estimate of drug-likeness (QED) is 0.733. The topological polar surface area (TPSA) is 66.0 Å². The Kier molecular flexibility index (Phi) is 2.53. The highest BCUT2D eigenvalue weighted by Crippen LogP contribution is 2.13. The number of hydrogen-bond donors (Lipinski definition) is 2. The van der Waals surface area contributed by atoms with Crippen LogP contribution in [0.2, 0.25) is 0 Å². The number of hydrogen-bond acceptors (Lipinski definition) is 2. The molecular weight excluding hydrogens is 192 g/mol. The average molecular weight is 199 g/mol. The van der Waals surface area contributed by atoms with Crippen LogP contribution in [0.1, 0.15) is 10.4 Å². The molecule has 0 aliphatic rings. The molecule has 0 saturated heterocycles. The number of fused-ring (bicyclic) bond motifs is 1. The number of carboxylic acid groups (broad SMARTS) is 1. The number of H-pyrrole nitrogens is 1. The molecule has 0 aromatic carbocycles. The zero-order valence-corrected chi connectivity index (χ0v) is 7.34. The molecule has 0 bridgehead atoms.